The van der Waals surface area contributed by atoms with Crippen molar-refractivity contribution in [2.75, 3.05) is 18.6 Å². The van der Waals surface area contributed by atoms with E-state index in [1.807, 2.05) is 6.92 Å². The van der Waals surface area contributed by atoms with Gasteiger partial charge in [0.2, 0.25) is 0 Å². The average Bonchev–Trinajstić information content (AvgIpc) is 2.32. The minimum absolute atomic E-state index is 0.0685. The summed E-state index contributed by atoms with van der Waals surface area (Å²) in [4.78, 5) is 0. The van der Waals surface area contributed by atoms with Gasteiger partial charge >= 0.3 is 6.18 Å². The molecule has 0 fully saturated rings. The van der Waals surface area contributed by atoms with E-state index in [-0.39, 0.29) is 12.2 Å². The topological polar surface area (TPSA) is 46.2 Å². The molecule has 3 nitrogen and oxygen atoms in total. The quantitative estimate of drug-likeness (QED) is 0.879. The summed E-state index contributed by atoms with van der Waals surface area (Å²) in [6.07, 6.45) is -3.04. The zero-order valence-electron chi connectivity index (χ0n) is 11.4. The van der Waals surface area contributed by atoms with Crippen LogP contribution in [-0.2, 0) is 16.0 Å². The number of benzene rings is 1. The van der Waals surface area contributed by atoms with Crippen LogP contribution in [0.2, 0.25) is 0 Å². The van der Waals surface area contributed by atoms with Gasteiger partial charge < -0.3 is 5.32 Å². The average molecular weight is 309 g/mol. The van der Waals surface area contributed by atoms with Gasteiger partial charge in [0.1, 0.15) is 9.84 Å². The molecule has 1 aromatic rings. The summed E-state index contributed by atoms with van der Waals surface area (Å²) in [5.74, 6) is -0.0685. The molecule has 0 aromatic heterocycles. The molecule has 1 aromatic carbocycles. The van der Waals surface area contributed by atoms with Crippen molar-refractivity contribution >= 4 is 9.84 Å². The largest absolute Gasteiger partial charge is 0.416 e. The number of sulfone groups is 1. The lowest BCUT2D eigenvalue weighted by atomic mass is 10.0. The second-order valence-corrected chi connectivity index (χ2v) is 6.91. The summed E-state index contributed by atoms with van der Waals surface area (Å²) >= 11 is 0. The Bertz CT molecular complexity index is 541. The first-order chi connectivity index (χ1) is 9.13. The molecule has 0 saturated carbocycles. The Morgan fingerprint density at radius 2 is 1.95 bits per heavy atom. The van der Waals surface area contributed by atoms with Crippen LogP contribution >= 0.6 is 0 Å². The van der Waals surface area contributed by atoms with E-state index < -0.39 is 27.6 Å². The van der Waals surface area contributed by atoms with Crippen LogP contribution in [0.5, 0.6) is 0 Å². The summed E-state index contributed by atoms with van der Waals surface area (Å²) in [6.45, 7) is 2.37. The van der Waals surface area contributed by atoms with E-state index >= 15 is 0 Å². The number of nitrogens with one attached hydrogen (secondary N) is 1. The molecule has 1 N–H and O–H groups in total. The summed E-state index contributed by atoms with van der Waals surface area (Å²) in [5.41, 5.74) is -0.275. The lowest BCUT2D eigenvalue weighted by Crippen LogP contribution is -2.24. The smallest absolute Gasteiger partial charge is 0.310 e. The lowest BCUT2D eigenvalue weighted by molar-refractivity contribution is -0.137. The maximum absolute atomic E-state index is 12.7. The molecule has 0 radical (unpaired) electrons. The first kappa shape index (κ1) is 17.0. The standard InChI is InChI=1S/C13H18F3NO2S/c1-3-17-12(7-8-20(2,18)19)10-5-4-6-11(9-10)13(14,15)16/h4-6,9,12,17H,3,7-8H2,1-2H3. The summed E-state index contributed by atoms with van der Waals surface area (Å²) < 4.78 is 60.4. The van der Waals surface area contributed by atoms with Crippen LogP contribution in [0, 0.1) is 0 Å². The zero-order valence-corrected chi connectivity index (χ0v) is 12.2. The Balaban J connectivity index is 2.97. The van der Waals surface area contributed by atoms with Crippen molar-refractivity contribution in [3.05, 3.63) is 35.4 Å². The van der Waals surface area contributed by atoms with Crippen LogP contribution in [0.25, 0.3) is 0 Å². The van der Waals surface area contributed by atoms with Crippen LogP contribution in [0.15, 0.2) is 24.3 Å². The van der Waals surface area contributed by atoms with Gasteiger partial charge in [-0.05, 0) is 30.7 Å². The molecule has 0 amide bonds. The molecule has 0 aliphatic carbocycles. The molecule has 7 heteroatoms. The van der Waals surface area contributed by atoms with Gasteiger partial charge in [0.05, 0.1) is 11.3 Å². The van der Waals surface area contributed by atoms with Gasteiger partial charge in [-0.2, -0.15) is 13.2 Å². The minimum Gasteiger partial charge on any atom is -0.310 e. The number of hydrogen-bond acceptors (Lipinski definition) is 3. The van der Waals surface area contributed by atoms with E-state index in [0.29, 0.717) is 12.1 Å². The van der Waals surface area contributed by atoms with Crippen molar-refractivity contribution in [1.82, 2.24) is 5.32 Å². The van der Waals surface area contributed by atoms with Gasteiger partial charge in [0, 0.05) is 12.3 Å². The van der Waals surface area contributed by atoms with Crippen LogP contribution in [0.3, 0.4) is 0 Å². The first-order valence-corrected chi connectivity index (χ1v) is 8.28. The normalized spacial score (nSPS) is 14.2. The maximum Gasteiger partial charge on any atom is 0.416 e. The second kappa shape index (κ2) is 6.58. The highest BCUT2D eigenvalue weighted by atomic mass is 32.2. The van der Waals surface area contributed by atoms with Crippen molar-refractivity contribution in [3.8, 4) is 0 Å². The maximum atomic E-state index is 12.7. The lowest BCUT2D eigenvalue weighted by Gasteiger charge is -2.19. The third-order valence-corrected chi connectivity index (χ3v) is 3.82. The Morgan fingerprint density at radius 1 is 1.30 bits per heavy atom. The molecule has 1 rings (SSSR count). The fourth-order valence-corrected chi connectivity index (χ4v) is 2.56. The molecule has 0 heterocycles. The molecule has 20 heavy (non-hydrogen) atoms. The van der Waals surface area contributed by atoms with E-state index in [2.05, 4.69) is 5.32 Å². The van der Waals surface area contributed by atoms with E-state index in [9.17, 15) is 21.6 Å². The molecule has 0 aliphatic heterocycles. The van der Waals surface area contributed by atoms with Gasteiger partial charge in [0.25, 0.3) is 0 Å². The Kier molecular flexibility index (Phi) is 5.59. The molecule has 0 aliphatic rings. The number of rotatable bonds is 6. The number of hydrogen-bond donors (Lipinski definition) is 1. The molecule has 0 saturated heterocycles. The number of halogens is 3. The molecule has 114 valence electrons. The highest BCUT2D eigenvalue weighted by Crippen LogP contribution is 2.31. The molecule has 0 bridgehead atoms. The summed E-state index contributed by atoms with van der Waals surface area (Å²) in [6, 6.07) is 4.57. The summed E-state index contributed by atoms with van der Waals surface area (Å²) in [5, 5.41) is 3.02. The van der Waals surface area contributed by atoms with E-state index in [1.165, 1.54) is 6.07 Å². The van der Waals surface area contributed by atoms with Crippen molar-refractivity contribution < 1.29 is 21.6 Å². The summed E-state index contributed by atoms with van der Waals surface area (Å²) in [7, 11) is -3.15. The van der Waals surface area contributed by atoms with Gasteiger partial charge in [-0.25, -0.2) is 8.42 Å². The van der Waals surface area contributed by atoms with Crippen LogP contribution in [0.1, 0.15) is 30.5 Å². The van der Waals surface area contributed by atoms with E-state index in [0.717, 1.165) is 18.4 Å². The Morgan fingerprint density at radius 3 is 2.45 bits per heavy atom. The third kappa shape index (κ3) is 5.50. The molecular weight excluding hydrogens is 291 g/mol. The van der Waals surface area contributed by atoms with Crippen molar-refractivity contribution in [2.24, 2.45) is 0 Å². The van der Waals surface area contributed by atoms with E-state index in [4.69, 9.17) is 0 Å². The van der Waals surface area contributed by atoms with Crippen LogP contribution in [0.4, 0.5) is 13.2 Å². The van der Waals surface area contributed by atoms with E-state index in [1.54, 1.807) is 6.07 Å². The van der Waals surface area contributed by atoms with Crippen molar-refractivity contribution in [1.29, 1.82) is 0 Å². The fourth-order valence-electron chi connectivity index (χ4n) is 1.90. The van der Waals surface area contributed by atoms with Gasteiger partial charge in [-0.15, -0.1) is 0 Å². The SMILES string of the molecule is CCNC(CCS(C)(=O)=O)c1cccc(C(F)(F)F)c1. The molecular formula is C13H18F3NO2S. The zero-order chi connectivity index (χ0) is 15.4. The highest BCUT2D eigenvalue weighted by Gasteiger charge is 2.31. The minimum atomic E-state index is -4.40. The first-order valence-electron chi connectivity index (χ1n) is 6.21. The predicted octanol–water partition coefficient (Wildman–Crippen LogP) is 2.79. The predicted molar refractivity (Wildman–Crippen MR) is 72.2 cm³/mol. The Labute approximate surface area is 117 Å². The van der Waals surface area contributed by atoms with Crippen LogP contribution < -0.4 is 5.32 Å². The van der Waals surface area contributed by atoms with Crippen LogP contribution in [-0.4, -0.2) is 27.0 Å². The molecule has 1 unspecified atom stereocenters. The van der Waals surface area contributed by atoms with Gasteiger partial charge in [0.15, 0.2) is 0 Å². The molecule has 1 atom stereocenters. The van der Waals surface area contributed by atoms with Gasteiger partial charge in [-0.3, -0.25) is 0 Å². The highest BCUT2D eigenvalue weighted by molar-refractivity contribution is 7.90. The molecule has 0 spiro atoms. The van der Waals surface area contributed by atoms with Gasteiger partial charge in [-0.1, -0.05) is 19.1 Å². The van der Waals surface area contributed by atoms with Crippen molar-refractivity contribution in [3.63, 3.8) is 0 Å². The monoisotopic (exact) mass is 309 g/mol. The third-order valence-electron chi connectivity index (χ3n) is 2.84. The number of alkyl halides is 3. The van der Waals surface area contributed by atoms with Crippen molar-refractivity contribution in [2.45, 2.75) is 25.6 Å². The second-order valence-electron chi connectivity index (χ2n) is 4.65. The Hall–Kier alpha value is -1.08. The fraction of sp³-hybridized carbons (Fsp3) is 0.538.